The minimum Gasteiger partial charge on any atom is -0.504 e. The number of phenols is 1. The number of hydrogen-bond donors (Lipinski definition) is 3. The van der Waals surface area contributed by atoms with E-state index in [0.29, 0.717) is 6.42 Å². The maximum absolute atomic E-state index is 13.6. The van der Waals surface area contributed by atoms with Crippen LogP contribution in [0.5, 0.6) is 11.5 Å². The van der Waals surface area contributed by atoms with Crippen molar-refractivity contribution in [2.45, 2.75) is 51.2 Å². The van der Waals surface area contributed by atoms with Crippen molar-refractivity contribution in [3.63, 3.8) is 0 Å². The molecule has 4 N–H and O–H groups in total. The van der Waals surface area contributed by atoms with Crippen molar-refractivity contribution in [3.05, 3.63) is 54.1 Å². The zero-order chi connectivity index (χ0) is 27.6. The summed E-state index contributed by atoms with van der Waals surface area (Å²) in [6, 6.07) is 12.3. The van der Waals surface area contributed by atoms with Crippen LogP contribution in [0, 0.1) is 5.92 Å². The second kappa shape index (κ2) is 14.2. The van der Waals surface area contributed by atoms with E-state index in [4.69, 9.17) is 19.5 Å². The number of phenolic OH excluding ortho intramolecular Hbond substituents is 1. The lowest BCUT2D eigenvalue weighted by atomic mass is 10.0. The zero-order valence-electron chi connectivity index (χ0n) is 21.8. The highest BCUT2D eigenvalue weighted by molar-refractivity contribution is 7.89. The summed E-state index contributed by atoms with van der Waals surface area (Å²) in [5, 5.41) is 21.0. The molecule has 10 nitrogen and oxygen atoms in total. The van der Waals surface area contributed by atoms with Gasteiger partial charge in [-0.3, -0.25) is 4.57 Å². The standard InChI is InChI=1S/C25H39N2O8PS/c1-5-34-36(30,35-6-2)18-33-25-15-21(12-13-23(25)28)37(31,32)27(16-19(3)4)17-24(29)22(26)14-20-10-8-7-9-11-20/h7-13,15,19,22,24,28-29H,5-6,14,16-18,26H2,1-4H3/t22-,24+/m0/s1. The van der Waals surface area contributed by atoms with Crippen LogP contribution in [0.25, 0.3) is 0 Å². The molecule has 0 aliphatic carbocycles. The van der Waals surface area contributed by atoms with Gasteiger partial charge in [-0.1, -0.05) is 44.2 Å². The van der Waals surface area contributed by atoms with Crippen LogP contribution in [0.4, 0.5) is 0 Å². The lowest BCUT2D eigenvalue weighted by molar-refractivity contribution is 0.116. The molecular weight excluding hydrogens is 519 g/mol. The van der Waals surface area contributed by atoms with Gasteiger partial charge in [0, 0.05) is 25.2 Å². The van der Waals surface area contributed by atoms with Gasteiger partial charge in [0.1, 0.15) is 0 Å². The van der Waals surface area contributed by atoms with Gasteiger partial charge in [0.15, 0.2) is 17.8 Å². The Morgan fingerprint density at radius 2 is 1.65 bits per heavy atom. The van der Waals surface area contributed by atoms with E-state index in [1.165, 1.54) is 16.4 Å². The number of rotatable bonds is 16. The van der Waals surface area contributed by atoms with Crippen LogP contribution in [0.1, 0.15) is 33.3 Å². The van der Waals surface area contributed by atoms with Crippen molar-refractivity contribution >= 4 is 17.6 Å². The average molecular weight is 559 g/mol. The molecule has 12 heteroatoms. The van der Waals surface area contributed by atoms with Crippen LogP contribution in [-0.2, 0) is 30.1 Å². The summed E-state index contributed by atoms with van der Waals surface area (Å²) in [6.45, 7) is 7.21. The van der Waals surface area contributed by atoms with Crippen molar-refractivity contribution in [1.29, 1.82) is 0 Å². The molecule has 2 atom stereocenters. The first kappa shape index (κ1) is 31.2. The number of ether oxygens (including phenoxy) is 1. The Labute approximate surface area is 219 Å². The second-order valence-corrected chi connectivity index (χ2v) is 12.9. The summed E-state index contributed by atoms with van der Waals surface area (Å²) in [7, 11) is -7.71. The lowest BCUT2D eigenvalue weighted by Crippen LogP contribution is -2.47. The molecule has 0 aliphatic rings. The fourth-order valence-corrected chi connectivity index (χ4v) is 6.56. The third-order valence-corrected chi connectivity index (χ3v) is 8.94. The molecule has 2 aromatic carbocycles. The van der Waals surface area contributed by atoms with E-state index in [1.54, 1.807) is 13.8 Å². The summed E-state index contributed by atoms with van der Waals surface area (Å²) in [5.74, 6) is -0.561. The van der Waals surface area contributed by atoms with Gasteiger partial charge in [0.05, 0.1) is 24.2 Å². The first-order chi connectivity index (χ1) is 17.4. The van der Waals surface area contributed by atoms with Crippen molar-refractivity contribution in [1.82, 2.24) is 4.31 Å². The minimum atomic E-state index is -4.12. The molecule has 0 radical (unpaired) electrons. The highest BCUT2D eigenvalue weighted by Crippen LogP contribution is 2.48. The van der Waals surface area contributed by atoms with Crippen molar-refractivity contribution in [2.75, 3.05) is 32.7 Å². The maximum Gasteiger partial charge on any atom is 0.367 e. The first-order valence-corrected chi connectivity index (χ1v) is 15.4. The molecule has 208 valence electrons. The van der Waals surface area contributed by atoms with Crippen molar-refractivity contribution in [3.8, 4) is 11.5 Å². The molecule has 0 bridgehead atoms. The summed E-state index contributed by atoms with van der Waals surface area (Å²) in [5.41, 5.74) is 7.14. The Bertz CT molecular complexity index is 1120. The van der Waals surface area contributed by atoms with E-state index in [1.807, 2.05) is 44.2 Å². The number of sulfonamides is 1. The Morgan fingerprint density at radius 3 is 2.22 bits per heavy atom. The number of aromatic hydroxyl groups is 1. The van der Waals surface area contributed by atoms with Crippen LogP contribution >= 0.6 is 7.60 Å². The molecule has 0 aliphatic heterocycles. The van der Waals surface area contributed by atoms with E-state index < -0.39 is 36.1 Å². The average Bonchev–Trinajstić information content (AvgIpc) is 2.83. The van der Waals surface area contributed by atoms with Crippen LogP contribution in [0.15, 0.2) is 53.4 Å². The highest BCUT2D eigenvalue weighted by Gasteiger charge is 2.31. The molecule has 37 heavy (non-hydrogen) atoms. The second-order valence-electron chi connectivity index (χ2n) is 8.99. The number of aliphatic hydroxyl groups excluding tert-OH is 1. The quantitative estimate of drug-likeness (QED) is 0.263. The van der Waals surface area contributed by atoms with Gasteiger partial charge in [-0.15, -0.1) is 0 Å². The fourth-order valence-electron chi connectivity index (χ4n) is 3.62. The molecule has 2 rings (SSSR count). The Hall–Kier alpha value is -1.98. The Morgan fingerprint density at radius 1 is 1.03 bits per heavy atom. The van der Waals surface area contributed by atoms with Gasteiger partial charge >= 0.3 is 7.60 Å². The summed E-state index contributed by atoms with van der Waals surface area (Å²) in [4.78, 5) is -0.160. The fraction of sp³-hybridized carbons (Fsp3) is 0.520. The van der Waals surface area contributed by atoms with Gasteiger partial charge in [-0.25, -0.2) is 8.42 Å². The molecule has 0 fully saturated rings. The van der Waals surface area contributed by atoms with Crippen molar-refractivity contribution in [2.24, 2.45) is 11.7 Å². The number of nitrogens with two attached hydrogens (primary N) is 1. The number of aliphatic hydroxyl groups is 1. The maximum atomic E-state index is 13.6. The van der Waals surface area contributed by atoms with Gasteiger partial charge in [-0.05, 0) is 43.9 Å². The number of nitrogens with zero attached hydrogens (tertiary/aromatic N) is 1. The molecule has 0 saturated carbocycles. The van der Waals surface area contributed by atoms with Gasteiger partial charge < -0.3 is 29.7 Å². The number of hydrogen-bond acceptors (Lipinski definition) is 9. The number of benzene rings is 2. The van der Waals surface area contributed by atoms with E-state index in [0.717, 1.165) is 11.6 Å². The van der Waals surface area contributed by atoms with E-state index >= 15 is 0 Å². The third kappa shape index (κ3) is 9.37. The molecular formula is C25H39N2O8PS. The minimum absolute atomic E-state index is 0.0385. The summed E-state index contributed by atoms with van der Waals surface area (Å²) >= 11 is 0. The summed E-state index contributed by atoms with van der Waals surface area (Å²) < 4.78 is 56.9. The van der Waals surface area contributed by atoms with Crippen LogP contribution in [-0.4, -0.2) is 67.7 Å². The topological polar surface area (TPSA) is 149 Å². The van der Waals surface area contributed by atoms with Gasteiger partial charge in [-0.2, -0.15) is 4.31 Å². The smallest absolute Gasteiger partial charge is 0.367 e. The third-order valence-electron chi connectivity index (χ3n) is 5.37. The van der Waals surface area contributed by atoms with Crippen LogP contribution < -0.4 is 10.5 Å². The van der Waals surface area contributed by atoms with Crippen LogP contribution in [0.2, 0.25) is 0 Å². The Balaban J connectivity index is 2.26. The lowest BCUT2D eigenvalue weighted by Gasteiger charge is -2.29. The van der Waals surface area contributed by atoms with Gasteiger partial charge in [0.25, 0.3) is 0 Å². The summed E-state index contributed by atoms with van der Waals surface area (Å²) in [6.07, 6.45) is -1.24. The molecule has 0 aromatic heterocycles. The Kier molecular flexibility index (Phi) is 12.0. The van der Waals surface area contributed by atoms with Crippen molar-refractivity contribution < 1.29 is 37.0 Å². The molecule has 0 spiro atoms. The molecule has 0 heterocycles. The highest BCUT2D eigenvalue weighted by atomic mass is 32.2. The molecule has 0 saturated heterocycles. The molecule has 2 aromatic rings. The van der Waals surface area contributed by atoms with Crippen LogP contribution in [0.3, 0.4) is 0 Å². The van der Waals surface area contributed by atoms with E-state index in [-0.39, 0.29) is 48.6 Å². The molecule has 0 amide bonds. The largest absolute Gasteiger partial charge is 0.504 e. The predicted molar refractivity (Wildman–Crippen MR) is 142 cm³/mol. The van der Waals surface area contributed by atoms with E-state index in [9.17, 15) is 23.2 Å². The SMILES string of the molecule is CCOP(=O)(COc1cc(S(=O)(=O)N(CC(C)C)C[C@@H](O)[C@@H](N)Cc2ccccc2)ccc1O)OCC. The normalized spacial score (nSPS) is 14.2. The zero-order valence-corrected chi connectivity index (χ0v) is 23.5. The predicted octanol–water partition coefficient (Wildman–Crippen LogP) is 3.57. The first-order valence-electron chi connectivity index (χ1n) is 12.2. The van der Waals surface area contributed by atoms with Gasteiger partial charge in [0.2, 0.25) is 10.0 Å². The van der Waals surface area contributed by atoms with E-state index in [2.05, 4.69) is 0 Å². The molecule has 0 unspecified atom stereocenters. The monoisotopic (exact) mass is 558 g/mol.